The van der Waals surface area contributed by atoms with Crippen LogP contribution in [0.15, 0.2) is 18.2 Å². The summed E-state index contributed by atoms with van der Waals surface area (Å²) in [6.07, 6.45) is -0.862. The SMILES string of the molecule is COc1ccc([N+](=O)[O-])c(C(=O)N2CCOC(CC(=O)O)C2)c1. The summed E-state index contributed by atoms with van der Waals surface area (Å²) in [6.45, 7) is 0.490. The van der Waals surface area contributed by atoms with E-state index in [1.54, 1.807) is 0 Å². The highest BCUT2D eigenvalue weighted by atomic mass is 16.6. The summed E-state index contributed by atoms with van der Waals surface area (Å²) >= 11 is 0. The molecule has 1 aromatic carbocycles. The lowest BCUT2D eigenvalue weighted by molar-refractivity contribution is -0.385. The number of carbonyl (C=O) groups is 2. The number of carboxylic acid groups (broad SMARTS) is 1. The largest absolute Gasteiger partial charge is 0.497 e. The van der Waals surface area contributed by atoms with Crippen molar-refractivity contribution in [3.05, 3.63) is 33.9 Å². The van der Waals surface area contributed by atoms with Gasteiger partial charge < -0.3 is 19.5 Å². The standard InChI is InChI=1S/C14H16N2O7/c1-22-9-2-3-12(16(20)21)11(6-9)14(19)15-4-5-23-10(8-15)7-13(17)18/h2-3,6,10H,4-5,7-8H2,1H3,(H,17,18). The number of amides is 1. The lowest BCUT2D eigenvalue weighted by Gasteiger charge is -2.32. The summed E-state index contributed by atoms with van der Waals surface area (Å²) in [7, 11) is 1.40. The molecular weight excluding hydrogens is 308 g/mol. The Morgan fingerprint density at radius 3 is 2.87 bits per heavy atom. The highest BCUT2D eigenvalue weighted by Gasteiger charge is 2.30. The lowest BCUT2D eigenvalue weighted by Crippen LogP contribution is -2.46. The van der Waals surface area contributed by atoms with E-state index in [9.17, 15) is 19.7 Å². The number of ether oxygens (including phenoxy) is 2. The summed E-state index contributed by atoms with van der Waals surface area (Å²) in [6, 6.07) is 3.92. The van der Waals surface area contributed by atoms with Crippen molar-refractivity contribution in [3.63, 3.8) is 0 Å². The van der Waals surface area contributed by atoms with Gasteiger partial charge >= 0.3 is 5.97 Å². The molecule has 1 fully saturated rings. The van der Waals surface area contributed by atoms with Gasteiger partial charge in [-0.05, 0) is 12.1 Å². The molecule has 1 aromatic rings. The Morgan fingerprint density at radius 2 is 2.26 bits per heavy atom. The van der Waals surface area contributed by atoms with Gasteiger partial charge in [0.25, 0.3) is 11.6 Å². The van der Waals surface area contributed by atoms with Gasteiger partial charge in [-0.3, -0.25) is 19.7 Å². The van der Waals surface area contributed by atoms with Crippen LogP contribution < -0.4 is 4.74 Å². The van der Waals surface area contributed by atoms with E-state index in [4.69, 9.17) is 14.6 Å². The molecule has 23 heavy (non-hydrogen) atoms. The number of rotatable bonds is 5. The Balaban J connectivity index is 2.25. The number of hydrogen-bond acceptors (Lipinski definition) is 6. The molecule has 0 aromatic heterocycles. The third-order valence-electron chi connectivity index (χ3n) is 3.46. The molecule has 9 heteroatoms. The fourth-order valence-electron chi connectivity index (χ4n) is 2.37. The highest BCUT2D eigenvalue weighted by Crippen LogP contribution is 2.26. The number of benzene rings is 1. The van der Waals surface area contributed by atoms with E-state index >= 15 is 0 Å². The van der Waals surface area contributed by atoms with E-state index in [2.05, 4.69) is 0 Å². The van der Waals surface area contributed by atoms with Gasteiger partial charge in [0.05, 0.1) is 31.2 Å². The van der Waals surface area contributed by atoms with Crippen LogP contribution in [0.2, 0.25) is 0 Å². The maximum atomic E-state index is 12.6. The summed E-state index contributed by atoms with van der Waals surface area (Å²) in [4.78, 5) is 35.2. The summed E-state index contributed by atoms with van der Waals surface area (Å²) in [5.74, 6) is -1.25. The molecule has 9 nitrogen and oxygen atoms in total. The van der Waals surface area contributed by atoms with E-state index < -0.39 is 22.9 Å². The molecule has 1 aliphatic heterocycles. The summed E-state index contributed by atoms with van der Waals surface area (Å²) < 4.78 is 10.3. The molecule has 2 rings (SSSR count). The Morgan fingerprint density at radius 1 is 1.52 bits per heavy atom. The molecule has 1 N–H and O–H groups in total. The van der Waals surface area contributed by atoms with E-state index in [0.717, 1.165) is 0 Å². The van der Waals surface area contributed by atoms with Crippen molar-refractivity contribution in [1.29, 1.82) is 0 Å². The van der Waals surface area contributed by atoms with Crippen LogP contribution in [0.3, 0.4) is 0 Å². The number of hydrogen-bond donors (Lipinski definition) is 1. The predicted octanol–water partition coefficient (Wildman–Crippen LogP) is 0.919. The van der Waals surface area contributed by atoms with Crippen LogP contribution >= 0.6 is 0 Å². The summed E-state index contributed by atoms with van der Waals surface area (Å²) in [5, 5.41) is 19.9. The average molecular weight is 324 g/mol. The minimum absolute atomic E-state index is 0.0689. The first-order valence-corrected chi connectivity index (χ1v) is 6.87. The zero-order chi connectivity index (χ0) is 17.0. The van der Waals surface area contributed by atoms with Gasteiger partial charge in [0.2, 0.25) is 0 Å². The molecule has 0 bridgehead atoms. The number of methoxy groups -OCH3 is 1. The molecule has 124 valence electrons. The zero-order valence-corrected chi connectivity index (χ0v) is 12.4. The predicted molar refractivity (Wildman–Crippen MR) is 77.5 cm³/mol. The maximum absolute atomic E-state index is 12.6. The monoisotopic (exact) mass is 324 g/mol. The second kappa shape index (κ2) is 7.05. The molecule has 0 radical (unpaired) electrons. The quantitative estimate of drug-likeness (QED) is 0.631. The summed E-state index contributed by atoms with van der Waals surface area (Å²) in [5.41, 5.74) is -0.414. The van der Waals surface area contributed by atoms with Crippen molar-refractivity contribution in [2.45, 2.75) is 12.5 Å². The van der Waals surface area contributed by atoms with Gasteiger partial charge in [0, 0.05) is 19.2 Å². The smallest absolute Gasteiger partial charge is 0.306 e. The Labute approximate surface area is 131 Å². The molecule has 1 unspecified atom stereocenters. The molecule has 1 atom stereocenters. The molecule has 0 saturated carbocycles. The highest BCUT2D eigenvalue weighted by molar-refractivity contribution is 5.98. The van der Waals surface area contributed by atoms with Crippen molar-refractivity contribution in [3.8, 4) is 5.75 Å². The number of morpholine rings is 1. The molecule has 1 aliphatic rings. The number of carbonyl (C=O) groups excluding carboxylic acids is 1. The fourth-order valence-corrected chi connectivity index (χ4v) is 2.37. The third-order valence-corrected chi connectivity index (χ3v) is 3.46. The molecule has 1 heterocycles. The van der Waals surface area contributed by atoms with Gasteiger partial charge in [0.1, 0.15) is 11.3 Å². The van der Waals surface area contributed by atoms with Crippen molar-refractivity contribution < 1.29 is 29.1 Å². The van der Waals surface area contributed by atoms with Crippen LogP contribution in [0, 0.1) is 10.1 Å². The molecule has 0 aliphatic carbocycles. The van der Waals surface area contributed by atoms with Crippen LogP contribution in [0.5, 0.6) is 5.75 Å². The van der Waals surface area contributed by atoms with Crippen molar-refractivity contribution in [2.75, 3.05) is 26.8 Å². The van der Waals surface area contributed by atoms with Crippen LogP contribution in [-0.4, -0.2) is 59.7 Å². The number of nitro benzene ring substituents is 1. The van der Waals surface area contributed by atoms with Gasteiger partial charge in [-0.25, -0.2) is 0 Å². The van der Waals surface area contributed by atoms with Crippen molar-refractivity contribution >= 4 is 17.6 Å². The third kappa shape index (κ3) is 3.95. The number of nitrogens with zero attached hydrogens (tertiary/aromatic N) is 2. The minimum Gasteiger partial charge on any atom is -0.497 e. The van der Waals surface area contributed by atoms with E-state index in [-0.39, 0.29) is 37.4 Å². The van der Waals surface area contributed by atoms with Gasteiger partial charge in [-0.1, -0.05) is 0 Å². The molecule has 0 spiro atoms. The van der Waals surface area contributed by atoms with Crippen molar-refractivity contribution in [2.24, 2.45) is 0 Å². The average Bonchev–Trinajstić information content (AvgIpc) is 2.53. The second-order valence-corrected chi connectivity index (χ2v) is 4.98. The first-order chi connectivity index (χ1) is 10.9. The normalized spacial score (nSPS) is 17.6. The Hall–Kier alpha value is -2.68. The number of carboxylic acids is 1. The van der Waals surface area contributed by atoms with Crippen molar-refractivity contribution in [1.82, 2.24) is 4.90 Å². The maximum Gasteiger partial charge on any atom is 0.306 e. The lowest BCUT2D eigenvalue weighted by atomic mass is 10.1. The van der Waals surface area contributed by atoms with E-state index in [1.807, 2.05) is 0 Å². The van der Waals surface area contributed by atoms with Crippen LogP contribution in [0.4, 0.5) is 5.69 Å². The number of nitro groups is 1. The van der Waals surface area contributed by atoms with Crippen LogP contribution in [0.1, 0.15) is 16.8 Å². The molecule has 1 saturated heterocycles. The van der Waals surface area contributed by atoms with Crippen LogP contribution in [0.25, 0.3) is 0 Å². The second-order valence-electron chi connectivity index (χ2n) is 4.98. The zero-order valence-electron chi connectivity index (χ0n) is 12.4. The fraction of sp³-hybridized carbons (Fsp3) is 0.429. The molecule has 1 amide bonds. The number of aliphatic carboxylic acids is 1. The minimum atomic E-state index is -1.03. The van der Waals surface area contributed by atoms with Crippen LogP contribution in [-0.2, 0) is 9.53 Å². The van der Waals surface area contributed by atoms with E-state index in [1.165, 1.54) is 30.2 Å². The topological polar surface area (TPSA) is 119 Å². The van der Waals surface area contributed by atoms with Gasteiger partial charge in [-0.2, -0.15) is 0 Å². The van der Waals surface area contributed by atoms with E-state index in [0.29, 0.717) is 5.75 Å². The Bertz CT molecular complexity index is 632. The van der Waals surface area contributed by atoms with Gasteiger partial charge in [-0.15, -0.1) is 0 Å². The van der Waals surface area contributed by atoms with Gasteiger partial charge in [0.15, 0.2) is 0 Å². The Kier molecular flexibility index (Phi) is 5.12. The first kappa shape index (κ1) is 16.7. The molecular formula is C14H16N2O7. The first-order valence-electron chi connectivity index (χ1n) is 6.87.